The number of alkyl halides is 2. The second-order valence-corrected chi connectivity index (χ2v) is 5.10. The molecule has 0 heterocycles. The maximum Gasteiger partial charge on any atom is 0.387 e. The van der Waals surface area contributed by atoms with Crippen LogP contribution in [0.1, 0.15) is 0 Å². The first kappa shape index (κ1) is 15.4. The summed E-state index contributed by atoms with van der Waals surface area (Å²) in [6.07, 6.45) is 0. The van der Waals surface area contributed by atoms with E-state index in [2.05, 4.69) is 4.74 Å². The van der Waals surface area contributed by atoms with Crippen molar-refractivity contribution in [3.8, 4) is 11.5 Å². The van der Waals surface area contributed by atoms with E-state index in [0.717, 1.165) is 17.0 Å². The van der Waals surface area contributed by atoms with Crippen molar-refractivity contribution in [1.29, 1.82) is 0 Å². The predicted octanol–water partition coefficient (Wildman–Crippen LogP) is 4.17. The molecule has 0 fully saturated rings. The summed E-state index contributed by atoms with van der Waals surface area (Å²) in [4.78, 5) is 1.19. The van der Waals surface area contributed by atoms with E-state index >= 15 is 0 Å². The Hall–Kier alpha value is -2.02. The molecule has 2 N–H and O–H groups in total. The van der Waals surface area contributed by atoms with Crippen molar-refractivity contribution in [2.24, 2.45) is 0 Å². The number of ether oxygens (including phenoxy) is 2. The van der Waals surface area contributed by atoms with Gasteiger partial charge in [0.2, 0.25) is 0 Å². The van der Waals surface area contributed by atoms with Gasteiger partial charge < -0.3 is 15.2 Å². The summed E-state index contributed by atoms with van der Waals surface area (Å²) in [7, 11) is 1.53. The van der Waals surface area contributed by atoms with Crippen LogP contribution in [0.2, 0.25) is 0 Å². The van der Waals surface area contributed by atoms with Crippen LogP contribution in [0.5, 0.6) is 11.5 Å². The van der Waals surface area contributed by atoms with E-state index in [1.54, 1.807) is 24.3 Å². The number of nitrogen functional groups attached to an aromatic ring is 1. The molecule has 7 heteroatoms. The van der Waals surface area contributed by atoms with Gasteiger partial charge in [0.25, 0.3) is 0 Å². The Bertz CT molecular complexity index is 638. The topological polar surface area (TPSA) is 44.5 Å². The fourth-order valence-corrected chi connectivity index (χ4v) is 2.53. The van der Waals surface area contributed by atoms with E-state index < -0.39 is 18.2 Å². The minimum atomic E-state index is -3.10. The van der Waals surface area contributed by atoms with Gasteiger partial charge in [0, 0.05) is 21.5 Å². The molecule has 0 bridgehead atoms. The standard InChI is InChI=1S/C14H12F3NO2S/c1-19-8-3-2-4-9(5-8)21-13-7-12(20-14(16)17)10(15)6-11(13)18/h2-7,14H,18H2,1H3. The molecule has 0 aliphatic carbocycles. The molecule has 0 aromatic heterocycles. The smallest absolute Gasteiger partial charge is 0.387 e. The van der Waals surface area contributed by atoms with Crippen molar-refractivity contribution in [3.63, 3.8) is 0 Å². The Balaban J connectivity index is 2.30. The first-order chi connectivity index (χ1) is 9.99. The van der Waals surface area contributed by atoms with Gasteiger partial charge in [-0.3, -0.25) is 0 Å². The molecular weight excluding hydrogens is 303 g/mol. The number of anilines is 1. The van der Waals surface area contributed by atoms with E-state index in [1.165, 1.54) is 18.9 Å². The monoisotopic (exact) mass is 315 g/mol. The zero-order valence-electron chi connectivity index (χ0n) is 11.0. The third kappa shape index (κ3) is 3.98. The summed E-state index contributed by atoms with van der Waals surface area (Å²) < 4.78 is 47.1. The Morgan fingerprint density at radius 1 is 1.19 bits per heavy atom. The molecule has 0 unspecified atom stereocenters. The van der Waals surface area contributed by atoms with Gasteiger partial charge in [-0.25, -0.2) is 4.39 Å². The number of halogens is 3. The third-order valence-corrected chi connectivity index (χ3v) is 3.61. The molecule has 112 valence electrons. The number of hydrogen-bond donors (Lipinski definition) is 1. The van der Waals surface area contributed by atoms with E-state index in [-0.39, 0.29) is 5.69 Å². The van der Waals surface area contributed by atoms with Crippen LogP contribution >= 0.6 is 11.8 Å². The average Bonchev–Trinajstić information content (AvgIpc) is 2.44. The third-order valence-electron chi connectivity index (χ3n) is 2.55. The maximum atomic E-state index is 13.5. The molecule has 2 aromatic rings. The van der Waals surface area contributed by atoms with Crippen molar-refractivity contribution in [1.82, 2.24) is 0 Å². The second kappa shape index (κ2) is 6.62. The molecule has 21 heavy (non-hydrogen) atoms. The van der Waals surface area contributed by atoms with E-state index in [9.17, 15) is 13.2 Å². The summed E-state index contributed by atoms with van der Waals surface area (Å²) in [5.74, 6) is -0.822. The highest BCUT2D eigenvalue weighted by atomic mass is 32.2. The molecule has 0 saturated carbocycles. The Labute approximate surface area is 123 Å². The van der Waals surface area contributed by atoms with Crippen LogP contribution in [-0.2, 0) is 0 Å². The molecule has 0 amide bonds. The Morgan fingerprint density at radius 3 is 2.62 bits per heavy atom. The fourth-order valence-electron chi connectivity index (χ4n) is 1.62. The number of rotatable bonds is 5. The lowest BCUT2D eigenvalue weighted by atomic mass is 10.3. The minimum Gasteiger partial charge on any atom is -0.497 e. The highest BCUT2D eigenvalue weighted by Crippen LogP contribution is 2.37. The highest BCUT2D eigenvalue weighted by molar-refractivity contribution is 7.99. The van der Waals surface area contributed by atoms with Gasteiger partial charge >= 0.3 is 6.61 Å². The number of benzene rings is 2. The van der Waals surface area contributed by atoms with Crippen LogP contribution in [0.25, 0.3) is 0 Å². The molecule has 2 aromatic carbocycles. The largest absolute Gasteiger partial charge is 0.497 e. The van der Waals surface area contributed by atoms with Crippen LogP contribution in [0.4, 0.5) is 18.9 Å². The van der Waals surface area contributed by atoms with Crippen molar-refractivity contribution in [2.45, 2.75) is 16.4 Å². The van der Waals surface area contributed by atoms with Gasteiger partial charge in [-0.2, -0.15) is 8.78 Å². The van der Waals surface area contributed by atoms with Gasteiger partial charge in [-0.15, -0.1) is 0 Å². The lowest BCUT2D eigenvalue weighted by Crippen LogP contribution is -2.04. The molecular formula is C14H12F3NO2S. The zero-order valence-corrected chi connectivity index (χ0v) is 11.8. The maximum absolute atomic E-state index is 13.5. The SMILES string of the molecule is COc1cccc(Sc2cc(OC(F)F)c(F)cc2N)c1. The van der Waals surface area contributed by atoms with Crippen LogP contribution in [0.3, 0.4) is 0 Å². The first-order valence-electron chi connectivity index (χ1n) is 5.85. The van der Waals surface area contributed by atoms with Gasteiger partial charge in [-0.05, 0) is 24.3 Å². The lowest BCUT2D eigenvalue weighted by Gasteiger charge is -2.11. The minimum absolute atomic E-state index is 0.141. The van der Waals surface area contributed by atoms with Gasteiger partial charge in [-0.1, -0.05) is 17.8 Å². The first-order valence-corrected chi connectivity index (χ1v) is 6.67. The average molecular weight is 315 g/mol. The van der Waals surface area contributed by atoms with Crippen molar-refractivity contribution < 1.29 is 22.6 Å². The molecule has 0 aliphatic rings. The zero-order chi connectivity index (χ0) is 15.4. The van der Waals surface area contributed by atoms with Crippen molar-refractivity contribution in [2.75, 3.05) is 12.8 Å². The molecule has 0 aliphatic heterocycles. The lowest BCUT2D eigenvalue weighted by molar-refractivity contribution is -0.0523. The van der Waals surface area contributed by atoms with Crippen LogP contribution in [0, 0.1) is 5.82 Å². The van der Waals surface area contributed by atoms with Gasteiger partial charge in [0.1, 0.15) is 5.75 Å². The second-order valence-electron chi connectivity index (χ2n) is 3.98. The predicted molar refractivity (Wildman–Crippen MR) is 74.6 cm³/mol. The molecule has 0 radical (unpaired) electrons. The molecule has 0 spiro atoms. The fraction of sp³-hybridized carbons (Fsp3) is 0.143. The Kier molecular flexibility index (Phi) is 4.85. The number of methoxy groups -OCH3 is 1. The van der Waals surface area contributed by atoms with E-state index in [4.69, 9.17) is 10.5 Å². The van der Waals surface area contributed by atoms with Gasteiger partial charge in [0.15, 0.2) is 11.6 Å². The van der Waals surface area contributed by atoms with Crippen LogP contribution in [0.15, 0.2) is 46.2 Å². The quantitative estimate of drug-likeness (QED) is 0.841. The summed E-state index contributed by atoms with van der Waals surface area (Å²) in [6, 6.07) is 9.20. The van der Waals surface area contributed by atoms with Crippen LogP contribution < -0.4 is 15.2 Å². The van der Waals surface area contributed by atoms with Crippen molar-refractivity contribution in [3.05, 3.63) is 42.2 Å². The van der Waals surface area contributed by atoms with E-state index in [0.29, 0.717) is 10.6 Å². The number of hydrogen-bond acceptors (Lipinski definition) is 4. The Morgan fingerprint density at radius 2 is 1.95 bits per heavy atom. The van der Waals surface area contributed by atoms with Gasteiger partial charge in [0.05, 0.1) is 7.11 Å². The molecule has 2 rings (SSSR count). The molecule has 0 saturated heterocycles. The van der Waals surface area contributed by atoms with E-state index in [1.807, 2.05) is 0 Å². The normalized spacial score (nSPS) is 10.7. The molecule has 0 atom stereocenters. The van der Waals surface area contributed by atoms with Crippen LogP contribution in [-0.4, -0.2) is 13.7 Å². The summed E-state index contributed by atoms with van der Waals surface area (Å²) in [5.41, 5.74) is 5.85. The molecule has 3 nitrogen and oxygen atoms in total. The number of nitrogens with two attached hydrogens (primary N) is 1. The summed E-state index contributed by atoms with van der Waals surface area (Å²) in [5, 5.41) is 0. The van der Waals surface area contributed by atoms with Crippen molar-refractivity contribution >= 4 is 17.4 Å². The highest BCUT2D eigenvalue weighted by Gasteiger charge is 2.14. The summed E-state index contributed by atoms with van der Waals surface area (Å²) in [6.45, 7) is -3.10. The summed E-state index contributed by atoms with van der Waals surface area (Å²) >= 11 is 1.20.